The van der Waals surface area contributed by atoms with E-state index in [1.807, 2.05) is 24.3 Å². The molecule has 0 bridgehead atoms. The molecule has 0 spiro atoms. The third-order valence-electron chi connectivity index (χ3n) is 4.95. The summed E-state index contributed by atoms with van der Waals surface area (Å²) in [4.78, 5) is 16.5. The molecule has 4 nitrogen and oxygen atoms in total. The van der Waals surface area contributed by atoms with Crippen LogP contribution in [-0.2, 0) is 4.79 Å². The lowest BCUT2D eigenvalue weighted by molar-refractivity contribution is -0.115. The summed E-state index contributed by atoms with van der Waals surface area (Å²) in [7, 11) is 0. The van der Waals surface area contributed by atoms with Gasteiger partial charge in [-0.05, 0) is 31.2 Å². The Morgan fingerprint density at radius 2 is 1.61 bits per heavy atom. The van der Waals surface area contributed by atoms with Crippen molar-refractivity contribution in [2.24, 2.45) is 0 Å². The van der Waals surface area contributed by atoms with E-state index in [9.17, 15) is 4.79 Å². The molecule has 5 heteroatoms. The van der Waals surface area contributed by atoms with Gasteiger partial charge < -0.3 is 10.6 Å². The Morgan fingerprint density at radius 1 is 0.929 bits per heavy atom. The van der Waals surface area contributed by atoms with Gasteiger partial charge in [-0.1, -0.05) is 88.4 Å². The van der Waals surface area contributed by atoms with E-state index < -0.39 is 0 Å². The Hall–Kier alpha value is -1.65. The maximum absolute atomic E-state index is 12.2. The highest BCUT2D eigenvalue weighted by atomic mass is 35.5. The second-order valence-electron chi connectivity index (χ2n) is 7.42. The van der Waals surface area contributed by atoms with E-state index in [1.165, 1.54) is 57.8 Å². The van der Waals surface area contributed by atoms with E-state index in [4.69, 9.17) is 11.6 Å². The summed E-state index contributed by atoms with van der Waals surface area (Å²) in [6, 6.07) is 9.38. The molecule has 154 valence electrons. The van der Waals surface area contributed by atoms with E-state index >= 15 is 0 Å². The molecule has 1 heterocycles. The van der Waals surface area contributed by atoms with Gasteiger partial charge in [-0.3, -0.25) is 4.79 Å². The Kier molecular flexibility index (Phi) is 10.9. The third-order valence-corrected chi connectivity index (χ3v) is 5.16. The van der Waals surface area contributed by atoms with E-state index in [2.05, 4.69) is 22.5 Å². The topological polar surface area (TPSA) is 54.0 Å². The molecule has 2 rings (SSSR count). The van der Waals surface area contributed by atoms with Gasteiger partial charge in [0.25, 0.3) is 0 Å². The molecule has 0 unspecified atom stereocenters. The second-order valence-corrected chi connectivity index (χ2v) is 7.81. The first-order chi connectivity index (χ1) is 13.7. The van der Waals surface area contributed by atoms with Gasteiger partial charge >= 0.3 is 0 Å². The zero-order chi connectivity index (χ0) is 20.0. The number of anilines is 1. The zero-order valence-electron chi connectivity index (χ0n) is 17.1. The minimum atomic E-state index is -0.0543. The molecule has 0 aliphatic rings. The number of fused-ring (bicyclic) bond motifs is 1. The summed E-state index contributed by atoms with van der Waals surface area (Å²) >= 11 is 5.98. The molecule has 1 aromatic heterocycles. The van der Waals surface area contributed by atoms with Gasteiger partial charge in [-0.2, -0.15) is 0 Å². The van der Waals surface area contributed by atoms with Crippen LogP contribution in [0.4, 0.5) is 5.69 Å². The number of halogens is 1. The molecule has 2 aromatic rings. The first kappa shape index (κ1) is 22.6. The van der Waals surface area contributed by atoms with E-state index in [0.29, 0.717) is 17.4 Å². The van der Waals surface area contributed by atoms with Gasteiger partial charge in [0.05, 0.1) is 17.7 Å². The lowest BCUT2D eigenvalue weighted by atomic mass is 10.1. The third kappa shape index (κ3) is 8.57. The largest absolute Gasteiger partial charge is 0.323 e. The number of hydrogen-bond donors (Lipinski definition) is 2. The standard InChI is InChI=1S/C23H34ClN3O/c1-2-3-4-5-6-7-8-9-10-11-17-25-18-22(28)26-20-14-12-13-19-15-16-21(24)27-23(19)20/h12-16,25H,2-11,17-18H2,1H3,(H,26,28). The average Bonchev–Trinajstić information content (AvgIpc) is 2.69. The average molecular weight is 404 g/mol. The van der Waals surface area contributed by atoms with Crippen molar-refractivity contribution in [1.29, 1.82) is 0 Å². The first-order valence-electron chi connectivity index (χ1n) is 10.8. The molecular formula is C23H34ClN3O. The van der Waals surface area contributed by atoms with Crippen LogP contribution >= 0.6 is 11.6 Å². The number of nitrogens with zero attached hydrogens (tertiary/aromatic N) is 1. The quantitative estimate of drug-likeness (QED) is 0.286. The summed E-state index contributed by atoms with van der Waals surface area (Å²) in [5.74, 6) is -0.0543. The SMILES string of the molecule is CCCCCCCCCCCCNCC(=O)Nc1cccc2ccc(Cl)nc12. The number of para-hydroxylation sites is 1. The monoisotopic (exact) mass is 403 g/mol. The molecule has 0 atom stereocenters. The Balaban J connectivity index is 1.55. The van der Waals surface area contributed by atoms with Crippen LogP contribution in [0.3, 0.4) is 0 Å². The van der Waals surface area contributed by atoms with Crippen molar-refractivity contribution in [3.63, 3.8) is 0 Å². The lowest BCUT2D eigenvalue weighted by Gasteiger charge is -2.09. The fourth-order valence-corrected chi connectivity index (χ4v) is 3.51. The van der Waals surface area contributed by atoms with Gasteiger partial charge in [-0.15, -0.1) is 0 Å². The van der Waals surface area contributed by atoms with Crippen LogP contribution in [0, 0.1) is 0 Å². The Morgan fingerprint density at radius 3 is 2.32 bits per heavy atom. The smallest absolute Gasteiger partial charge is 0.238 e. The lowest BCUT2D eigenvalue weighted by Crippen LogP contribution is -2.28. The second kappa shape index (κ2) is 13.5. The maximum atomic E-state index is 12.2. The van der Waals surface area contributed by atoms with Crippen LogP contribution in [0.5, 0.6) is 0 Å². The van der Waals surface area contributed by atoms with Crippen LogP contribution < -0.4 is 10.6 Å². The van der Waals surface area contributed by atoms with Crippen molar-refractivity contribution in [2.75, 3.05) is 18.4 Å². The number of rotatable bonds is 14. The van der Waals surface area contributed by atoms with Crippen molar-refractivity contribution in [3.8, 4) is 0 Å². The highest BCUT2D eigenvalue weighted by Gasteiger charge is 2.07. The Bertz CT molecular complexity index is 720. The summed E-state index contributed by atoms with van der Waals surface area (Å²) in [5.41, 5.74) is 1.42. The van der Waals surface area contributed by atoms with Gasteiger partial charge in [0.1, 0.15) is 5.15 Å². The molecule has 2 N–H and O–H groups in total. The normalized spacial score (nSPS) is 11.1. The summed E-state index contributed by atoms with van der Waals surface area (Å²) in [6.45, 7) is 3.45. The van der Waals surface area contributed by atoms with E-state index in [1.54, 1.807) is 6.07 Å². The van der Waals surface area contributed by atoms with Crippen molar-refractivity contribution in [1.82, 2.24) is 10.3 Å². The predicted octanol–water partition coefficient (Wildman–Crippen LogP) is 6.34. The minimum absolute atomic E-state index is 0.0543. The molecule has 0 saturated carbocycles. The fraction of sp³-hybridized carbons (Fsp3) is 0.565. The van der Waals surface area contributed by atoms with Crippen LogP contribution in [0.1, 0.15) is 71.1 Å². The molecule has 0 saturated heterocycles. The summed E-state index contributed by atoms with van der Waals surface area (Å²) in [5, 5.41) is 7.54. The van der Waals surface area contributed by atoms with Crippen molar-refractivity contribution in [3.05, 3.63) is 35.5 Å². The highest BCUT2D eigenvalue weighted by molar-refractivity contribution is 6.29. The summed E-state index contributed by atoms with van der Waals surface area (Å²) < 4.78 is 0. The summed E-state index contributed by atoms with van der Waals surface area (Å²) in [6.07, 6.45) is 13.2. The molecule has 0 fully saturated rings. The first-order valence-corrected chi connectivity index (χ1v) is 11.1. The van der Waals surface area contributed by atoms with Crippen molar-refractivity contribution < 1.29 is 4.79 Å². The number of amides is 1. The van der Waals surface area contributed by atoms with Crippen molar-refractivity contribution in [2.45, 2.75) is 71.1 Å². The number of hydrogen-bond acceptors (Lipinski definition) is 3. The van der Waals surface area contributed by atoms with Gasteiger partial charge in [0.2, 0.25) is 5.91 Å². The molecule has 1 aromatic carbocycles. The number of carbonyl (C=O) groups excluding carboxylic acids is 1. The number of carbonyl (C=O) groups is 1. The van der Waals surface area contributed by atoms with Crippen LogP contribution in [0.2, 0.25) is 5.15 Å². The predicted molar refractivity (Wildman–Crippen MR) is 120 cm³/mol. The molecule has 0 aliphatic heterocycles. The van der Waals surface area contributed by atoms with E-state index in [0.717, 1.165) is 23.9 Å². The fourth-order valence-electron chi connectivity index (χ4n) is 3.36. The zero-order valence-corrected chi connectivity index (χ0v) is 17.9. The molecule has 0 aliphatic carbocycles. The van der Waals surface area contributed by atoms with Gasteiger partial charge in [-0.25, -0.2) is 4.98 Å². The molecular weight excluding hydrogens is 370 g/mol. The molecule has 0 radical (unpaired) electrons. The minimum Gasteiger partial charge on any atom is -0.323 e. The van der Waals surface area contributed by atoms with Gasteiger partial charge in [0.15, 0.2) is 0 Å². The van der Waals surface area contributed by atoms with Gasteiger partial charge in [0, 0.05) is 5.39 Å². The Labute approximate surface area is 174 Å². The number of benzene rings is 1. The molecule has 28 heavy (non-hydrogen) atoms. The number of unbranched alkanes of at least 4 members (excludes halogenated alkanes) is 9. The number of aromatic nitrogens is 1. The maximum Gasteiger partial charge on any atom is 0.238 e. The highest BCUT2D eigenvalue weighted by Crippen LogP contribution is 2.23. The number of nitrogens with one attached hydrogen (secondary N) is 2. The van der Waals surface area contributed by atoms with E-state index in [-0.39, 0.29) is 5.91 Å². The number of pyridine rings is 1. The van der Waals surface area contributed by atoms with Crippen LogP contribution in [-0.4, -0.2) is 24.0 Å². The molecule has 1 amide bonds. The van der Waals surface area contributed by atoms with Crippen LogP contribution in [0.15, 0.2) is 30.3 Å². The van der Waals surface area contributed by atoms with Crippen molar-refractivity contribution >= 4 is 34.1 Å². The van der Waals surface area contributed by atoms with Crippen LogP contribution in [0.25, 0.3) is 10.9 Å².